The molecule has 2 heterocycles. The van der Waals surface area contributed by atoms with Crippen LogP contribution in [0.5, 0.6) is 0 Å². The molecule has 0 bridgehead atoms. The second kappa shape index (κ2) is 7.64. The van der Waals surface area contributed by atoms with Gasteiger partial charge < -0.3 is 15.6 Å². The maximum absolute atomic E-state index is 4.30. The van der Waals surface area contributed by atoms with Crippen LogP contribution in [0.1, 0.15) is 16.8 Å². The molecule has 3 aromatic rings. The number of hydrogen-bond acceptors (Lipinski definition) is 2. The quantitative estimate of drug-likeness (QED) is 0.500. The van der Waals surface area contributed by atoms with Crippen molar-refractivity contribution in [3.63, 3.8) is 0 Å². The van der Waals surface area contributed by atoms with Crippen molar-refractivity contribution in [3.05, 3.63) is 65.6 Å². The molecule has 0 fully saturated rings. The van der Waals surface area contributed by atoms with Crippen molar-refractivity contribution in [2.24, 2.45) is 4.99 Å². The van der Waals surface area contributed by atoms with E-state index < -0.39 is 0 Å². The van der Waals surface area contributed by atoms with Crippen LogP contribution >= 0.6 is 0 Å². The molecule has 5 nitrogen and oxygen atoms in total. The lowest BCUT2D eigenvalue weighted by atomic mass is 10.1. The van der Waals surface area contributed by atoms with Crippen molar-refractivity contribution < 1.29 is 0 Å². The number of aliphatic imine (C=N–C) groups is 1. The number of H-pyrrole nitrogens is 1. The third kappa shape index (κ3) is 3.74. The van der Waals surface area contributed by atoms with Crippen molar-refractivity contribution in [1.29, 1.82) is 0 Å². The molecular weight excluding hydrogens is 298 g/mol. The zero-order valence-electron chi connectivity index (χ0n) is 14.1. The van der Waals surface area contributed by atoms with Gasteiger partial charge in [0.1, 0.15) is 0 Å². The van der Waals surface area contributed by atoms with Gasteiger partial charge in [0, 0.05) is 36.9 Å². The molecule has 24 heavy (non-hydrogen) atoms. The van der Waals surface area contributed by atoms with E-state index in [2.05, 4.69) is 56.9 Å². The third-order valence-electron chi connectivity index (χ3n) is 4.07. The number of aryl methyl sites for hydroxylation is 1. The molecule has 0 radical (unpaired) electrons. The van der Waals surface area contributed by atoms with Gasteiger partial charge in [0.2, 0.25) is 0 Å². The molecule has 0 spiro atoms. The molecule has 0 amide bonds. The molecule has 3 rings (SSSR count). The van der Waals surface area contributed by atoms with E-state index in [1.807, 2.05) is 18.2 Å². The van der Waals surface area contributed by atoms with Crippen LogP contribution in [0, 0.1) is 6.92 Å². The number of rotatable bonds is 5. The fraction of sp³-hybridized carbons (Fsp3) is 0.263. The van der Waals surface area contributed by atoms with E-state index in [9.17, 15) is 0 Å². The fourth-order valence-electron chi connectivity index (χ4n) is 2.86. The third-order valence-corrected chi connectivity index (χ3v) is 4.07. The topological polar surface area (TPSA) is 65.1 Å². The molecule has 0 saturated heterocycles. The average Bonchev–Trinajstić information content (AvgIpc) is 3.03. The maximum atomic E-state index is 4.30. The van der Waals surface area contributed by atoms with Gasteiger partial charge in [-0.3, -0.25) is 9.98 Å². The first-order valence-electron chi connectivity index (χ1n) is 8.18. The standard InChI is InChI=1S/C19H23N5/c1-14-6-5-8-17-18(14)15(12-23-17)9-11-22-19(20-2)24-13-16-7-3-4-10-21-16/h3-8,10,12,23H,9,11,13H2,1-2H3,(H2,20,22,24). The van der Waals surface area contributed by atoms with E-state index in [4.69, 9.17) is 0 Å². The highest BCUT2D eigenvalue weighted by atomic mass is 15.2. The van der Waals surface area contributed by atoms with Crippen molar-refractivity contribution >= 4 is 16.9 Å². The van der Waals surface area contributed by atoms with E-state index in [0.29, 0.717) is 6.54 Å². The van der Waals surface area contributed by atoms with Crippen molar-refractivity contribution in [3.8, 4) is 0 Å². The average molecular weight is 321 g/mol. The summed E-state index contributed by atoms with van der Waals surface area (Å²) < 4.78 is 0. The van der Waals surface area contributed by atoms with Crippen LogP contribution < -0.4 is 10.6 Å². The number of guanidine groups is 1. The fourth-order valence-corrected chi connectivity index (χ4v) is 2.86. The number of aromatic amines is 1. The molecule has 1 aromatic carbocycles. The van der Waals surface area contributed by atoms with Gasteiger partial charge in [-0.25, -0.2) is 0 Å². The van der Waals surface area contributed by atoms with Crippen LogP contribution in [0.15, 0.2) is 53.8 Å². The molecule has 0 atom stereocenters. The van der Waals surface area contributed by atoms with Gasteiger partial charge in [-0.2, -0.15) is 0 Å². The number of nitrogens with zero attached hydrogens (tertiary/aromatic N) is 2. The zero-order valence-corrected chi connectivity index (χ0v) is 14.1. The maximum Gasteiger partial charge on any atom is 0.191 e. The molecule has 0 saturated carbocycles. The Balaban J connectivity index is 1.54. The number of fused-ring (bicyclic) bond motifs is 1. The number of hydrogen-bond donors (Lipinski definition) is 3. The first-order valence-corrected chi connectivity index (χ1v) is 8.18. The Morgan fingerprint density at radius 2 is 2.08 bits per heavy atom. The van der Waals surface area contributed by atoms with Gasteiger partial charge in [0.25, 0.3) is 0 Å². The van der Waals surface area contributed by atoms with Crippen LogP contribution in [0.3, 0.4) is 0 Å². The van der Waals surface area contributed by atoms with Crippen LogP contribution in [-0.4, -0.2) is 29.5 Å². The lowest BCUT2D eigenvalue weighted by molar-refractivity contribution is 0.785. The van der Waals surface area contributed by atoms with E-state index in [0.717, 1.165) is 24.6 Å². The normalized spacial score (nSPS) is 11.7. The van der Waals surface area contributed by atoms with Gasteiger partial charge in [-0.05, 0) is 42.7 Å². The summed E-state index contributed by atoms with van der Waals surface area (Å²) in [6.45, 7) is 3.64. The zero-order chi connectivity index (χ0) is 16.8. The summed E-state index contributed by atoms with van der Waals surface area (Å²) in [5.41, 5.74) is 4.83. The van der Waals surface area contributed by atoms with Gasteiger partial charge in [-0.1, -0.05) is 18.2 Å². The summed E-state index contributed by atoms with van der Waals surface area (Å²) in [5.74, 6) is 0.789. The summed E-state index contributed by atoms with van der Waals surface area (Å²) in [6, 6.07) is 12.3. The Labute approximate surface area is 142 Å². The molecule has 0 unspecified atom stereocenters. The minimum atomic E-state index is 0.659. The monoisotopic (exact) mass is 321 g/mol. The molecule has 0 aliphatic carbocycles. The smallest absolute Gasteiger partial charge is 0.191 e. The summed E-state index contributed by atoms with van der Waals surface area (Å²) in [6.07, 6.45) is 4.84. The summed E-state index contributed by atoms with van der Waals surface area (Å²) in [7, 11) is 1.78. The van der Waals surface area contributed by atoms with Crippen molar-refractivity contribution in [2.45, 2.75) is 19.9 Å². The Kier molecular flexibility index (Phi) is 5.11. The van der Waals surface area contributed by atoms with Gasteiger partial charge in [-0.15, -0.1) is 0 Å². The predicted molar refractivity (Wildman–Crippen MR) is 99.2 cm³/mol. The largest absolute Gasteiger partial charge is 0.361 e. The second-order valence-corrected chi connectivity index (χ2v) is 5.74. The highest BCUT2D eigenvalue weighted by Crippen LogP contribution is 2.22. The van der Waals surface area contributed by atoms with Gasteiger partial charge in [0.15, 0.2) is 5.96 Å². The molecule has 3 N–H and O–H groups in total. The summed E-state index contributed by atoms with van der Waals surface area (Å²) in [4.78, 5) is 11.9. The van der Waals surface area contributed by atoms with Crippen LogP contribution in [0.4, 0.5) is 0 Å². The first kappa shape index (κ1) is 16.1. The minimum Gasteiger partial charge on any atom is -0.361 e. The first-order chi connectivity index (χ1) is 11.8. The number of pyridine rings is 1. The second-order valence-electron chi connectivity index (χ2n) is 5.74. The Morgan fingerprint density at radius 3 is 2.88 bits per heavy atom. The van der Waals surface area contributed by atoms with Crippen molar-refractivity contribution in [1.82, 2.24) is 20.6 Å². The SMILES string of the molecule is CN=C(NCCc1c[nH]c2cccc(C)c12)NCc1ccccn1. The van der Waals surface area contributed by atoms with Crippen molar-refractivity contribution in [2.75, 3.05) is 13.6 Å². The minimum absolute atomic E-state index is 0.659. The van der Waals surface area contributed by atoms with E-state index in [-0.39, 0.29) is 0 Å². The summed E-state index contributed by atoms with van der Waals surface area (Å²) >= 11 is 0. The lowest BCUT2D eigenvalue weighted by Gasteiger charge is -2.11. The molecule has 0 aliphatic heterocycles. The molecule has 124 valence electrons. The van der Waals surface area contributed by atoms with Gasteiger partial charge >= 0.3 is 0 Å². The van der Waals surface area contributed by atoms with Crippen LogP contribution in [0.2, 0.25) is 0 Å². The van der Waals surface area contributed by atoms with Crippen LogP contribution in [0.25, 0.3) is 10.9 Å². The Hall–Kier alpha value is -2.82. The van der Waals surface area contributed by atoms with Crippen LogP contribution in [-0.2, 0) is 13.0 Å². The molecule has 2 aromatic heterocycles. The van der Waals surface area contributed by atoms with Gasteiger partial charge in [0.05, 0.1) is 12.2 Å². The molecular formula is C19H23N5. The molecule has 0 aliphatic rings. The highest BCUT2D eigenvalue weighted by Gasteiger charge is 2.06. The number of nitrogens with one attached hydrogen (secondary N) is 3. The Bertz CT molecular complexity index is 820. The highest BCUT2D eigenvalue weighted by molar-refractivity contribution is 5.86. The molecule has 5 heteroatoms. The van der Waals surface area contributed by atoms with E-state index in [1.54, 1.807) is 13.2 Å². The number of aromatic nitrogens is 2. The summed E-state index contributed by atoms with van der Waals surface area (Å²) in [5, 5.41) is 7.97. The van der Waals surface area contributed by atoms with E-state index >= 15 is 0 Å². The van der Waals surface area contributed by atoms with E-state index in [1.165, 1.54) is 22.0 Å². The lowest BCUT2D eigenvalue weighted by Crippen LogP contribution is -2.38. The predicted octanol–water partition coefficient (Wildman–Crippen LogP) is 2.78. The Morgan fingerprint density at radius 1 is 1.17 bits per heavy atom. The number of benzene rings is 1.